The summed E-state index contributed by atoms with van der Waals surface area (Å²) in [6.07, 6.45) is 2.64. The number of aliphatic carboxylic acids is 1. The van der Waals surface area contributed by atoms with E-state index >= 15 is 0 Å². The van der Waals surface area contributed by atoms with Crippen molar-refractivity contribution in [2.45, 2.75) is 19.9 Å². The van der Waals surface area contributed by atoms with Gasteiger partial charge in [0.1, 0.15) is 13.2 Å². The number of carboxylic acids is 1. The zero-order valence-corrected chi connectivity index (χ0v) is 10.5. The van der Waals surface area contributed by atoms with Crippen LogP contribution >= 0.6 is 0 Å². The van der Waals surface area contributed by atoms with Gasteiger partial charge >= 0.3 is 5.97 Å². The van der Waals surface area contributed by atoms with Gasteiger partial charge in [0, 0.05) is 25.4 Å². The van der Waals surface area contributed by atoms with Crippen LogP contribution in [0.4, 0.5) is 0 Å². The molecule has 0 unspecified atom stereocenters. The monoisotopic (exact) mass is 255 g/mol. The van der Waals surface area contributed by atoms with Crippen LogP contribution < -0.4 is 5.32 Å². The molecule has 0 aromatic carbocycles. The number of carboxylic acid groups (broad SMARTS) is 1. The Bertz CT molecular complexity index is 428. The number of hydrogen-bond acceptors (Lipinski definition) is 4. The summed E-state index contributed by atoms with van der Waals surface area (Å²) in [4.78, 5) is 21.5. The van der Waals surface area contributed by atoms with Crippen LogP contribution in [0.25, 0.3) is 0 Å². The topological polar surface area (TPSA) is 93.5 Å². The lowest BCUT2D eigenvalue weighted by Crippen LogP contribution is -2.28. The molecule has 0 bridgehead atoms. The van der Waals surface area contributed by atoms with Crippen LogP contribution in [0.2, 0.25) is 0 Å². The molecule has 2 N–H and O–H groups in total. The Balaban J connectivity index is 2.35. The lowest BCUT2D eigenvalue weighted by Gasteiger charge is -2.04. The number of aryl methyl sites for hydroxylation is 2. The van der Waals surface area contributed by atoms with E-state index in [0.717, 1.165) is 17.7 Å². The molecule has 0 fully saturated rings. The Kier molecular flexibility index (Phi) is 5.31. The van der Waals surface area contributed by atoms with Gasteiger partial charge in [0.25, 0.3) is 0 Å². The van der Waals surface area contributed by atoms with Gasteiger partial charge in [0.2, 0.25) is 5.91 Å². The Morgan fingerprint density at radius 1 is 1.50 bits per heavy atom. The second-order valence-corrected chi connectivity index (χ2v) is 3.79. The fraction of sp³-hybridized carbons (Fsp3) is 0.545. The standard InChI is InChI=1S/C11H17N3O4/c1-3-9-8(5-14(2)13-9)4-12-10(15)6-18-7-11(16)17/h5H,3-4,6-7H2,1-2H3,(H,12,15)(H,16,17). The van der Waals surface area contributed by atoms with Crippen molar-refractivity contribution in [3.8, 4) is 0 Å². The maximum absolute atomic E-state index is 11.3. The van der Waals surface area contributed by atoms with Gasteiger partial charge in [0.15, 0.2) is 0 Å². The van der Waals surface area contributed by atoms with E-state index in [1.165, 1.54) is 0 Å². The normalized spacial score (nSPS) is 10.3. The Hall–Kier alpha value is -1.89. The summed E-state index contributed by atoms with van der Waals surface area (Å²) in [5.41, 5.74) is 1.89. The molecule has 1 aromatic rings. The number of carbonyl (C=O) groups excluding carboxylic acids is 1. The zero-order valence-electron chi connectivity index (χ0n) is 10.5. The summed E-state index contributed by atoms with van der Waals surface area (Å²) < 4.78 is 6.37. The van der Waals surface area contributed by atoms with E-state index in [1.807, 2.05) is 20.2 Å². The molecule has 1 amide bonds. The molecule has 7 heteroatoms. The van der Waals surface area contributed by atoms with Crippen molar-refractivity contribution in [1.82, 2.24) is 15.1 Å². The number of nitrogens with one attached hydrogen (secondary N) is 1. The molecule has 0 spiro atoms. The van der Waals surface area contributed by atoms with E-state index in [2.05, 4.69) is 15.2 Å². The maximum atomic E-state index is 11.3. The van der Waals surface area contributed by atoms with E-state index in [1.54, 1.807) is 4.68 Å². The fourth-order valence-electron chi connectivity index (χ4n) is 1.50. The third-order valence-corrected chi connectivity index (χ3v) is 2.26. The van der Waals surface area contributed by atoms with E-state index in [9.17, 15) is 9.59 Å². The second kappa shape index (κ2) is 6.75. The van der Waals surface area contributed by atoms with Crippen LogP contribution in [-0.4, -0.2) is 40.0 Å². The van der Waals surface area contributed by atoms with Crippen molar-refractivity contribution in [1.29, 1.82) is 0 Å². The Labute approximate surface area is 105 Å². The van der Waals surface area contributed by atoms with Gasteiger partial charge in [-0.3, -0.25) is 9.48 Å². The van der Waals surface area contributed by atoms with Crippen LogP contribution in [0.3, 0.4) is 0 Å². The van der Waals surface area contributed by atoms with Crippen molar-refractivity contribution >= 4 is 11.9 Å². The molecular formula is C11H17N3O4. The first kappa shape index (κ1) is 14.2. The summed E-state index contributed by atoms with van der Waals surface area (Å²) in [6, 6.07) is 0. The third kappa shape index (κ3) is 4.54. The van der Waals surface area contributed by atoms with E-state index in [0.29, 0.717) is 6.54 Å². The first-order valence-electron chi connectivity index (χ1n) is 5.60. The largest absolute Gasteiger partial charge is 0.480 e. The third-order valence-electron chi connectivity index (χ3n) is 2.26. The first-order chi connectivity index (χ1) is 8.52. The molecule has 0 atom stereocenters. The first-order valence-corrected chi connectivity index (χ1v) is 5.60. The molecule has 0 saturated carbocycles. The Morgan fingerprint density at radius 3 is 2.83 bits per heavy atom. The number of amides is 1. The molecule has 0 aliphatic heterocycles. The molecule has 0 radical (unpaired) electrons. The van der Waals surface area contributed by atoms with E-state index in [4.69, 9.17) is 5.11 Å². The summed E-state index contributed by atoms with van der Waals surface area (Å²) in [5.74, 6) is -1.44. The van der Waals surface area contributed by atoms with Crippen molar-refractivity contribution in [2.24, 2.45) is 7.05 Å². The van der Waals surface area contributed by atoms with Crippen molar-refractivity contribution < 1.29 is 19.4 Å². The average molecular weight is 255 g/mol. The van der Waals surface area contributed by atoms with Crippen molar-refractivity contribution in [3.05, 3.63) is 17.5 Å². The number of nitrogens with zero attached hydrogens (tertiary/aromatic N) is 2. The lowest BCUT2D eigenvalue weighted by molar-refractivity contribution is -0.143. The molecule has 100 valence electrons. The smallest absolute Gasteiger partial charge is 0.329 e. The quantitative estimate of drug-likeness (QED) is 0.697. The molecular weight excluding hydrogens is 238 g/mol. The maximum Gasteiger partial charge on any atom is 0.329 e. The van der Waals surface area contributed by atoms with Crippen LogP contribution in [0.1, 0.15) is 18.2 Å². The number of hydrogen-bond donors (Lipinski definition) is 2. The highest BCUT2D eigenvalue weighted by Gasteiger charge is 2.08. The molecule has 0 aliphatic carbocycles. The van der Waals surface area contributed by atoms with E-state index < -0.39 is 12.6 Å². The van der Waals surface area contributed by atoms with Crippen LogP contribution in [0.5, 0.6) is 0 Å². The van der Waals surface area contributed by atoms with Gasteiger partial charge in [-0.25, -0.2) is 4.79 Å². The molecule has 7 nitrogen and oxygen atoms in total. The summed E-state index contributed by atoms with van der Waals surface area (Å²) >= 11 is 0. The predicted molar refractivity (Wildman–Crippen MR) is 62.9 cm³/mol. The molecule has 1 rings (SSSR count). The molecule has 0 aliphatic rings. The Morgan fingerprint density at radius 2 is 2.22 bits per heavy atom. The van der Waals surface area contributed by atoms with Crippen LogP contribution in [-0.2, 0) is 34.3 Å². The van der Waals surface area contributed by atoms with Crippen molar-refractivity contribution in [2.75, 3.05) is 13.2 Å². The van der Waals surface area contributed by atoms with Gasteiger partial charge in [-0.2, -0.15) is 5.10 Å². The van der Waals surface area contributed by atoms with Gasteiger partial charge in [-0.1, -0.05) is 6.92 Å². The highest BCUT2D eigenvalue weighted by Crippen LogP contribution is 2.06. The van der Waals surface area contributed by atoms with Crippen molar-refractivity contribution in [3.63, 3.8) is 0 Å². The molecule has 1 aromatic heterocycles. The number of rotatable bonds is 7. The fourth-order valence-corrected chi connectivity index (χ4v) is 1.50. The van der Waals surface area contributed by atoms with Gasteiger partial charge in [0.05, 0.1) is 5.69 Å². The SMILES string of the molecule is CCc1nn(C)cc1CNC(=O)COCC(=O)O. The van der Waals surface area contributed by atoms with Gasteiger partial charge in [-0.15, -0.1) is 0 Å². The van der Waals surface area contributed by atoms with Gasteiger partial charge < -0.3 is 15.2 Å². The van der Waals surface area contributed by atoms with Crippen LogP contribution in [0, 0.1) is 0 Å². The van der Waals surface area contributed by atoms with Gasteiger partial charge in [-0.05, 0) is 6.42 Å². The number of aromatic nitrogens is 2. The minimum Gasteiger partial charge on any atom is -0.480 e. The highest BCUT2D eigenvalue weighted by molar-refractivity contribution is 5.77. The minimum absolute atomic E-state index is 0.256. The summed E-state index contributed by atoms with van der Waals surface area (Å²) in [5, 5.41) is 15.2. The predicted octanol–water partition coefficient (Wildman–Crippen LogP) is -0.300. The molecule has 0 saturated heterocycles. The zero-order chi connectivity index (χ0) is 13.5. The summed E-state index contributed by atoms with van der Waals surface area (Å²) in [6.45, 7) is 1.63. The van der Waals surface area contributed by atoms with Crippen LogP contribution in [0.15, 0.2) is 6.20 Å². The second-order valence-electron chi connectivity index (χ2n) is 3.79. The minimum atomic E-state index is -1.09. The summed E-state index contributed by atoms with van der Waals surface area (Å²) in [7, 11) is 1.82. The molecule has 1 heterocycles. The number of carbonyl (C=O) groups is 2. The lowest BCUT2D eigenvalue weighted by atomic mass is 10.2. The molecule has 18 heavy (non-hydrogen) atoms. The number of ether oxygens (including phenoxy) is 1. The van der Waals surface area contributed by atoms with E-state index in [-0.39, 0.29) is 12.5 Å². The highest BCUT2D eigenvalue weighted by atomic mass is 16.5. The average Bonchev–Trinajstić information content (AvgIpc) is 2.66.